The molecule has 114 valence electrons. The molecular formula is C19H21NO2. The van der Waals surface area contributed by atoms with E-state index in [1.807, 2.05) is 0 Å². The fourth-order valence-corrected chi connectivity index (χ4v) is 4.30. The van der Waals surface area contributed by atoms with Gasteiger partial charge in [-0.25, -0.2) is 0 Å². The molecular weight excluding hydrogens is 274 g/mol. The number of hydrogen-bond donors (Lipinski definition) is 1. The zero-order chi connectivity index (χ0) is 15.1. The summed E-state index contributed by atoms with van der Waals surface area (Å²) >= 11 is 0. The SMILES string of the molecule is COC(=O)C1C2CCC(CC1c1ccc3ccccc3c1)N2. The molecule has 2 aliphatic rings. The van der Waals surface area contributed by atoms with Crippen LogP contribution in [-0.2, 0) is 9.53 Å². The van der Waals surface area contributed by atoms with Crippen LogP contribution in [0.3, 0.4) is 0 Å². The predicted molar refractivity (Wildman–Crippen MR) is 86.8 cm³/mol. The Morgan fingerprint density at radius 1 is 1.14 bits per heavy atom. The Balaban J connectivity index is 1.75. The average Bonchev–Trinajstić information content (AvgIpc) is 2.95. The fourth-order valence-electron chi connectivity index (χ4n) is 4.30. The van der Waals surface area contributed by atoms with E-state index in [9.17, 15) is 4.79 Å². The van der Waals surface area contributed by atoms with Crippen LogP contribution in [0.5, 0.6) is 0 Å². The van der Waals surface area contributed by atoms with Crippen molar-refractivity contribution < 1.29 is 9.53 Å². The first-order chi connectivity index (χ1) is 10.8. The summed E-state index contributed by atoms with van der Waals surface area (Å²) in [7, 11) is 1.50. The molecule has 0 aromatic heterocycles. The molecule has 2 bridgehead atoms. The minimum atomic E-state index is -0.0731. The van der Waals surface area contributed by atoms with Crippen molar-refractivity contribution in [2.75, 3.05) is 7.11 Å². The number of carbonyl (C=O) groups is 1. The first-order valence-electron chi connectivity index (χ1n) is 8.09. The van der Waals surface area contributed by atoms with Crippen molar-refractivity contribution in [1.29, 1.82) is 0 Å². The van der Waals surface area contributed by atoms with Crippen molar-refractivity contribution in [1.82, 2.24) is 5.32 Å². The Labute approximate surface area is 130 Å². The molecule has 0 amide bonds. The second-order valence-corrected chi connectivity index (χ2v) is 6.55. The molecule has 4 atom stereocenters. The third kappa shape index (κ3) is 2.20. The quantitative estimate of drug-likeness (QED) is 0.864. The highest BCUT2D eigenvalue weighted by Gasteiger charge is 2.46. The van der Waals surface area contributed by atoms with E-state index in [2.05, 4.69) is 47.8 Å². The zero-order valence-corrected chi connectivity index (χ0v) is 12.8. The normalized spacial score (nSPS) is 30.4. The van der Waals surface area contributed by atoms with Gasteiger partial charge in [-0.1, -0.05) is 42.5 Å². The maximum atomic E-state index is 12.3. The Hall–Kier alpha value is -1.87. The van der Waals surface area contributed by atoms with Gasteiger partial charge >= 0.3 is 5.97 Å². The number of carbonyl (C=O) groups excluding carboxylic acids is 1. The van der Waals surface area contributed by atoms with E-state index in [-0.39, 0.29) is 23.8 Å². The lowest BCUT2D eigenvalue weighted by Crippen LogP contribution is -2.48. The summed E-state index contributed by atoms with van der Waals surface area (Å²) in [4.78, 5) is 12.3. The molecule has 3 nitrogen and oxygen atoms in total. The number of esters is 1. The maximum absolute atomic E-state index is 12.3. The topological polar surface area (TPSA) is 38.3 Å². The van der Waals surface area contributed by atoms with Gasteiger partial charge in [0.2, 0.25) is 0 Å². The molecule has 0 saturated carbocycles. The van der Waals surface area contributed by atoms with Crippen LogP contribution in [-0.4, -0.2) is 25.2 Å². The largest absolute Gasteiger partial charge is 0.469 e. The number of hydrogen-bond acceptors (Lipinski definition) is 3. The standard InChI is InChI=1S/C19H21NO2/c1-22-19(21)18-16(11-15-8-9-17(18)20-15)14-7-6-12-4-2-3-5-13(12)10-14/h2-7,10,15-18,20H,8-9,11H2,1H3. The van der Waals surface area contributed by atoms with Gasteiger partial charge in [0.05, 0.1) is 13.0 Å². The highest BCUT2D eigenvalue weighted by molar-refractivity contribution is 5.83. The van der Waals surface area contributed by atoms with Gasteiger partial charge in [-0.15, -0.1) is 0 Å². The van der Waals surface area contributed by atoms with Gasteiger partial charge in [-0.05, 0) is 35.6 Å². The highest BCUT2D eigenvalue weighted by atomic mass is 16.5. The summed E-state index contributed by atoms with van der Waals surface area (Å²) in [5.41, 5.74) is 1.27. The number of rotatable bonds is 2. The van der Waals surface area contributed by atoms with E-state index in [0.717, 1.165) is 12.8 Å². The molecule has 4 rings (SSSR count). The average molecular weight is 295 g/mol. The lowest BCUT2D eigenvalue weighted by molar-refractivity contribution is -0.148. The lowest BCUT2D eigenvalue weighted by atomic mass is 9.76. The fraction of sp³-hybridized carbons (Fsp3) is 0.421. The molecule has 2 aliphatic heterocycles. The predicted octanol–water partition coefficient (Wildman–Crippen LogP) is 3.24. The van der Waals surface area contributed by atoms with Crippen LogP contribution in [0.2, 0.25) is 0 Å². The minimum Gasteiger partial charge on any atom is -0.469 e. The van der Waals surface area contributed by atoms with Gasteiger partial charge in [0.1, 0.15) is 0 Å². The van der Waals surface area contributed by atoms with E-state index in [0.29, 0.717) is 6.04 Å². The lowest BCUT2D eigenvalue weighted by Gasteiger charge is -2.36. The first-order valence-corrected chi connectivity index (χ1v) is 8.09. The smallest absolute Gasteiger partial charge is 0.310 e. The van der Waals surface area contributed by atoms with Crippen LogP contribution < -0.4 is 5.32 Å². The number of ether oxygens (including phenoxy) is 1. The molecule has 2 heterocycles. The van der Waals surface area contributed by atoms with Crippen LogP contribution in [0.15, 0.2) is 42.5 Å². The van der Waals surface area contributed by atoms with Gasteiger partial charge in [-0.2, -0.15) is 0 Å². The highest BCUT2D eigenvalue weighted by Crippen LogP contribution is 2.42. The van der Waals surface area contributed by atoms with Gasteiger partial charge in [0, 0.05) is 18.0 Å². The molecule has 1 N–H and O–H groups in total. The molecule has 0 spiro atoms. The molecule has 3 heteroatoms. The van der Waals surface area contributed by atoms with Crippen molar-refractivity contribution in [2.24, 2.45) is 5.92 Å². The third-order valence-corrected chi connectivity index (χ3v) is 5.36. The second kappa shape index (κ2) is 5.40. The van der Waals surface area contributed by atoms with Crippen LogP contribution >= 0.6 is 0 Å². The summed E-state index contributed by atoms with van der Waals surface area (Å²) < 4.78 is 5.10. The molecule has 2 fully saturated rings. The molecule has 0 aliphatic carbocycles. The number of nitrogens with one attached hydrogen (secondary N) is 1. The van der Waals surface area contributed by atoms with E-state index >= 15 is 0 Å². The van der Waals surface area contributed by atoms with Crippen LogP contribution in [0.25, 0.3) is 10.8 Å². The van der Waals surface area contributed by atoms with Crippen molar-refractivity contribution >= 4 is 16.7 Å². The Kier molecular flexibility index (Phi) is 3.38. The van der Waals surface area contributed by atoms with Gasteiger partial charge in [0.25, 0.3) is 0 Å². The van der Waals surface area contributed by atoms with E-state index in [1.54, 1.807) is 0 Å². The van der Waals surface area contributed by atoms with Crippen molar-refractivity contribution in [2.45, 2.75) is 37.3 Å². The summed E-state index contributed by atoms with van der Waals surface area (Å²) in [5, 5.41) is 6.08. The van der Waals surface area contributed by atoms with Gasteiger partial charge in [0.15, 0.2) is 0 Å². The summed E-state index contributed by atoms with van der Waals surface area (Å²) in [6, 6.07) is 15.8. The summed E-state index contributed by atoms with van der Waals surface area (Å²) in [6.07, 6.45) is 3.27. The Bertz CT molecular complexity index is 711. The minimum absolute atomic E-state index is 0.0649. The monoisotopic (exact) mass is 295 g/mol. The molecule has 0 radical (unpaired) electrons. The summed E-state index contributed by atoms with van der Waals surface area (Å²) in [5.74, 6) is 0.122. The van der Waals surface area contributed by atoms with E-state index in [4.69, 9.17) is 4.74 Å². The van der Waals surface area contributed by atoms with Crippen molar-refractivity contribution in [3.05, 3.63) is 48.0 Å². The molecule has 2 aromatic carbocycles. The number of piperidine rings is 1. The van der Waals surface area contributed by atoms with Crippen molar-refractivity contribution in [3.63, 3.8) is 0 Å². The Morgan fingerprint density at radius 2 is 1.95 bits per heavy atom. The van der Waals surface area contributed by atoms with Gasteiger partial charge < -0.3 is 10.1 Å². The molecule has 22 heavy (non-hydrogen) atoms. The van der Waals surface area contributed by atoms with E-state index < -0.39 is 0 Å². The summed E-state index contributed by atoms with van der Waals surface area (Å²) in [6.45, 7) is 0. The number of methoxy groups -OCH3 is 1. The van der Waals surface area contributed by atoms with Crippen molar-refractivity contribution in [3.8, 4) is 0 Å². The first kappa shape index (κ1) is 13.8. The second-order valence-electron chi connectivity index (χ2n) is 6.55. The zero-order valence-electron chi connectivity index (χ0n) is 12.8. The third-order valence-electron chi connectivity index (χ3n) is 5.36. The van der Waals surface area contributed by atoms with Crippen LogP contribution in [0, 0.1) is 5.92 Å². The molecule has 2 aromatic rings. The number of benzene rings is 2. The maximum Gasteiger partial charge on any atom is 0.310 e. The Morgan fingerprint density at radius 3 is 2.77 bits per heavy atom. The van der Waals surface area contributed by atoms with E-state index in [1.165, 1.54) is 29.9 Å². The van der Waals surface area contributed by atoms with Gasteiger partial charge in [-0.3, -0.25) is 4.79 Å². The number of fused-ring (bicyclic) bond motifs is 3. The molecule has 2 saturated heterocycles. The molecule has 4 unspecified atom stereocenters. The van der Waals surface area contributed by atoms with Crippen LogP contribution in [0.4, 0.5) is 0 Å². The van der Waals surface area contributed by atoms with Crippen LogP contribution in [0.1, 0.15) is 30.7 Å².